The van der Waals surface area contributed by atoms with Crippen LogP contribution in [0.5, 0.6) is 0 Å². The molecular formula is C24H22N4OS. The van der Waals surface area contributed by atoms with Crippen LogP contribution in [0.1, 0.15) is 17.8 Å². The minimum absolute atomic E-state index is 0.214. The first-order valence-electron chi connectivity index (χ1n) is 10.2. The van der Waals surface area contributed by atoms with Gasteiger partial charge in [0.2, 0.25) is 5.91 Å². The van der Waals surface area contributed by atoms with Crippen molar-refractivity contribution in [3.05, 3.63) is 77.8 Å². The SMILES string of the molecule is O=C1CCCN1c1ccc(-c2cncc(-c3ccn(CCc4nccs4)c3)c2)cc1. The molecule has 150 valence electrons. The van der Waals surface area contributed by atoms with E-state index in [0.717, 1.165) is 58.9 Å². The number of anilines is 1. The molecule has 4 aromatic rings. The summed E-state index contributed by atoms with van der Waals surface area (Å²) in [6.45, 7) is 1.73. The summed E-state index contributed by atoms with van der Waals surface area (Å²) >= 11 is 1.70. The first-order valence-corrected chi connectivity index (χ1v) is 11.0. The number of carbonyl (C=O) groups excluding carboxylic acids is 1. The fourth-order valence-corrected chi connectivity index (χ4v) is 4.47. The Labute approximate surface area is 179 Å². The van der Waals surface area contributed by atoms with E-state index in [1.54, 1.807) is 11.3 Å². The summed E-state index contributed by atoms with van der Waals surface area (Å²) in [5, 5.41) is 3.18. The molecule has 6 heteroatoms. The Bertz CT molecular complexity index is 1150. The zero-order valence-electron chi connectivity index (χ0n) is 16.6. The molecular weight excluding hydrogens is 392 g/mol. The van der Waals surface area contributed by atoms with Crippen molar-refractivity contribution in [1.29, 1.82) is 0 Å². The van der Waals surface area contributed by atoms with Crippen LogP contribution in [0.4, 0.5) is 5.69 Å². The van der Waals surface area contributed by atoms with Crippen molar-refractivity contribution >= 4 is 22.9 Å². The van der Waals surface area contributed by atoms with Gasteiger partial charge in [-0.05, 0) is 36.2 Å². The van der Waals surface area contributed by atoms with E-state index in [0.29, 0.717) is 6.42 Å². The number of thiazole rings is 1. The quantitative estimate of drug-likeness (QED) is 0.444. The molecule has 30 heavy (non-hydrogen) atoms. The Balaban J connectivity index is 1.32. The number of hydrogen-bond acceptors (Lipinski definition) is 4. The minimum atomic E-state index is 0.214. The summed E-state index contributed by atoms with van der Waals surface area (Å²) < 4.78 is 2.20. The first-order chi connectivity index (χ1) is 14.8. The monoisotopic (exact) mass is 414 g/mol. The van der Waals surface area contributed by atoms with Gasteiger partial charge in [0.05, 0.1) is 5.01 Å². The Morgan fingerprint density at radius 2 is 1.83 bits per heavy atom. The van der Waals surface area contributed by atoms with Gasteiger partial charge in [0.15, 0.2) is 0 Å². The Morgan fingerprint density at radius 3 is 2.57 bits per heavy atom. The molecule has 0 aliphatic carbocycles. The molecule has 0 radical (unpaired) electrons. The summed E-state index contributed by atoms with van der Waals surface area (Å²) in [5.41, 5.74) is 5.40. The van der Waals surface area contributed by atoms with Crippen LogP contribution in [-0.2, 0) is 17.8 Å². The van der Waals surface area contributed by atoms with Crippen molar-refractivity contribution in [2.45, 2.75) is 25.8 Å². The zero-order chi connectivity index (χ0) is 20.3. The topological polar surface area (TPSA) is 51.0 Å². The lowest BCUT2D eigenvalue weighted by molar-refractivity contribution is -0.117. The molecule has 0 atom stereocenters. The predicted molar refractivity (Wildman–Crippen MR) is 121 cm³/mol. The molecule has 5 rings (SSSR count). The Kier molecular flexibility index (Phi) is 5.15. The summed E-state index contributed by atoms with van der Waals surface area (Å²) in [6, 6.07) is 12.5. The lowest BCUT2D eigenvalue weighted by atomic mass is 10.0. The number of pyridine rings is 1. The second-order valence-corrected chi connectivity index (χ2v) is 8.45. The molecule has 1 fully saturated rings. The molecule has 0 unspecified atom stereocenters. The van der Waals surface area contributed by atoms with Gasteiger partial charge >= 0.3 is 0 Å². The molecule has 5 nitrogen and oxygen atoms in total. The van der Waals surface area contributed by atoms with Crippen molar-refractivity contribution in [3.8, 4) is 22.3 Å². The smallest absolute Gasteiger partial charge is 0.227 e. The molecule has 0 spiro atoms. The number of hydrogen-bond donors (Lipinski definition) is 0. The number of nitrogens with zero attached hydrogens (tertiary/aromatic N) is 4. The average molecular weight is 415 g/mol. The maximum absolute atomic E-state index is 12.0. The Hall–Kier alpha value is -3.25. The van der Waals surface area contributed by atoms with Crippen molar-refractivity contribution in [3.63, 3.8) is 0 Å². The third kappa shape index (κ3) is 3.91. The second kappa shape index (κ2) is 8.24. The first kappa shape index (κ1) is 18.8. The van der Waals surface area contributed by atoms with Gasteiger partial charge in [-0.15, -0.1) is 11.3 Å². The highest BCUT2D eigenvalue weighted by atomic mass is 32.1. The van der Waals surface area contributed by atoms with E-state index in [1.165, 1.54) is 0 Å². The maximum Gasteiger partial charge on any atom is 0.227 e. The molecule has 1 amide bonds. The second-order valence-electron chi connectivity index (χ2n) is 7.47. The Morgan fingerprint density at radius 1 is 1.00 bits per heavy atom. The van der Waals surface area contributed by atoms with E-state index in [1.807, 2.05) is 41.0 Å². The van der Waals surface area contributed by atoms with Crippen molar-refractivity contribution < 1.29 is 4.79 Å². The van der Waals surface area contributed by atoms with E-state index in [2.05, 4.69) is 51.2 Å². The predicted octanol–water partition coefficient (Wildman–Crippen LogP) is 5.04. The van der Waals surface area contributed by atoms with Crippen LogP contribution in [0, 0.1) is 0 Å². The minimum Gasteiger partial charge on any atom is -0.353 e. The zero-order valence-corrected chi connectivity index (χ0v) is 17.4. The number of aryl methyl sites for hydroxylation is 2. The molecule has 1 aromatic carbocycles. The summed E-state index contributed by atoms with van der Waals surface area (Å²) in [5.74, 6) is 0.214. The third-order valence-corrected chi connectivity index (χ3v) is 6.31. The number of benzene rings is 1. The highest BCUT2D eigenvalue weighted by Gasteiger charge is 2.21. The molecule has 3 aromatic heterocycles. The molecule has 0 N–H and O–H groups in total. The van der Waals surface area contributed by atoms with Crippen molar-refractivity contribution in [2.24, 2.45) is 0 Å². The number of amides is 1. The fourth-order valence-electron chi connectivity index (χ4n) is 3.86. The summed E-state index contributed by atoms with van der Waals surface area (Å²) in [4.78, 5) is 22.6. The van der Waals surface area contributed by atoms with E-state index in [-0.39, 0.29) is 5.91 Å². The molecule has 1 saturated heterocycles. The number of carbonyl (C=O) groups is 1. The lowest BCUT2D eigenvalue weighted by Crippen LogP contribution is -2.23. The fraction of sp³-hybridized carbons (Fsp3) is 0.208. The van der Waals surface area contributed by atoms with Gasteiger partial charge in [-0.25, -0.2) is 4.98 Å². The average Bonchev–Trinajstić information content (AvgIpc) is 3.55. The van der Waals surface area contributed by atoms with Crippen molar-refractivity contribution in [1.82, 2.24) is 14.5 Å². The number of rotatable bonds is 6. The summed E-state index contributed by atoms with van der Waals surface area (Å²) in [7, 11) is 0. The van der Waals surface area contributed by atoms with Gasteiger partial charge in [0.25, 0.3) is 0 Å². The van der Waals surface area contributed by atoms with Crippen LogP contribution < -0.4 is 4.90 Å². The largest absolute Gasteiger partial charge is 0.353 e. The van der Waals surface area contributed by atoms with Gasteiger partial charge in [-0.1, -0.05) is 12.1 Å². The van der Waals surface area contributed by atoms with E-state index >= 15 is 0 Å². The molecule has 4 heterocycles. The normalized spacial score (nSPS) is 13.9. The maximum atomic E-state index is 12.0. The standard InChI is InChI=1S/C24H22N4OS/c29-24-2-1-10-28(24)22-5-3-18(4-6-22)20-14-21(16-25-15-20)19-7-11-27(17-19)12-8-23-26-9-13-30-23/h3-7,9,11,13-17H,1-2,8,10,12H2. The molecule has 0 saturated carbocycles. The van der Waals surface area contributed by atoms with Crippen LogP contribution in [0.15, 0.2) is 72.8 Å². The van der Waals surface area contributed by atoms with Gasteiger partial charge in [-0.3, -0.25) is 9.78 Å². The van der Waals surface area contributed by atoms with E-state index < -0.39 is 0 Å². The summed E-state index contributed by atoms with van der Waals surface area (Å²) in [6.07, 6.45) is 12.4. The van der Waals surface area contributed by atoms with Crippen LogP contribution >= 0.6 is 11.3 Å². The van der Waals surface area contributed by atoms with Crippen LogP contribution in [0.3, 0.4) is 0 Å². The highest BCUT2D eigenvalue weighted by molar-refractivity contribution is 7.09. The van der Waals surface area contributed by atoms with Crippen LogP contribution in [0.25, 0.3) is 22.3 Å². The molecule has 0 bridgehead atoms. The van der Waals surface area contributed by atoms with E-state index in [9.17, 15) is 4.79 Å². The third-order valence-electron chi connectivity index (χ3n) is 5.48. The molecule has 1 aliphatic heterocycles. The lowest BCUT2D eigenvalue weighted by Gasteiger charge is -2.16. The number of aromatic nitrogens is 3. The van der Waals surface area contributed by atoms with E-state index in [4.69, 9.17) is 0 Å². The van der Waals surface area contributed by atoms with Gasteiger partial charge in [-0.2, -0.15) is 0 Å². The van der Waals surface area contributed by atoms with Gasteiger partial charge in [0.1, 0.15) is 0 Å². The van der Waals surface area contributed by atoms with Crippen molar-refractivity contribution in [2.75, 3.05) is 11.4 Å². The van der Waals surface area contributed by atoms with Crippen LogP contribution in [-0.4, -0.2) is 27.0 Å². The molecule has 1 aliphatic rings. The van der Waals surface area contributed by atoms with Gasteiger partial charge in [0, 0.05) is 84.7 Å². The van der Waals surface area contributed by atoms with Crippen LogP contribution in [0.2, 0.25) is 0 Å². The highest BCUT2D eigenvalue weighted by Crippen LogP contribution is 2.28. The van der Waals surface area contributed by atoms with Gasteiger partial charge < -0.3 is 9.47 Å².